The molecule has 4 heteroatoms. The summed E-state index contributed by atoms with van der Waals surface area (Å²) in [4.78, 5) is 22.9. The minimum atomic E-state index is -0.196. The fraction of sp³-hybridized carbons (Fsp3) is 0.0645. The Balaban J connectivity index is 1.46. The molecule has 6 aromatic rings. The minimum absolute atomic E-state index is 0.0696. The predicted octanol–water partition coefficient (Wildman–Crippen LogP) is 7.06. The maximum atomic E-state index is 13.9. The van der Waals surface area contributed by atoms with Gasteiger partial charge in [0, 0.05) is 45.7 Å². The first kappa shape index (κ1) is 19.9. The summed E-state index contributed by atoms with van der Waals surface area (Å²) >= 11 is 0. The van der Waals surface area contributed by atoms with Gasteiger partial charge < -0.3 is 14.9 Å². The van der Waals surface area contributed by atoms with Gasteiger partial charge in [-0.1, -0.05) is 84.9 Å². The number of benzene rings is 4. The van der Waals surface area contributed by atoms with Crippen molar-refractivity contribution in [1.82, 2.24) is 14.9 Å². The molecule has 2 N–H and O–H groups in total. The van der Waals surface area contributed by atoms with Crippen LogP contribution < -0.4 is 0 Å². The highest BCUT2D eigenvalue weighted by molar-refractivity contribution is 6.02. The van der Waals surface area contributed by atoms with Crippen molar-refractivity contribution in [2.75, 3.05) is 0 Å². The number of carbonyl (C=O) groups excluding carboxylic acids is 1. The Labute approximate surface area is 202 Å². The first-order valence-electron chi connectivity index (χ1n) is 11.9. The fourth-order valence-electron chi connectivity index (χ4n) is 5.57. The lowest BCUT2D eigenvalue weighted by atomic mass is 9.93. The van der Waals surface area contributed by atoms with E-state index in [2.05, 4.69) is 76.7 Å². The number of para-hydroxylation sites is 2. The molecule has 1 aliphatic heterocycles. The molecule has 1 amide bonds. The van der Waals surface area contributed by atoms with Crippen molar-refractivity contribution in [3.8, 4) is 11.3 Å². The summed E-state index contributed by atoms with van der Waals surface area (Å²) in [6.07, 6.45) is 2.03. The maximum Gasteiger partial charge on any atom is 0.255 e. The molecule has 35 heavy (non-hydrogen) atoms. The van der Waals surface area contributed by atoms with E-state index in [1.165, 1.54) is 0 Å². The van der Waals surface area contributed by atoms with Crippen molar-refractivity contribution in [3.63, 3.8) is 0 Å². The van der Waals surface area contributed by atoms with Gasteiger partial charge in [-0.05, 0) is 34.9 Å². The van der Waals surface area contributed by atoms with Crippen LogP contribution in [0.1, 0.15) is 33.1 Å². The average molecular weight is 454 g/mol. The monoisotopic (exact) mass is 453 g/mol. The lowest BCUT2D eigenvalue weighted by Gasteiger charge is -2.26. The van der Waals surface area contributed by atoms with Crippen molar-refractivity contribution in [2.45, 2.75) is 12.6 Å². The molecule has 0 aliphatic carbocycles. The van der Waals surface area contributed by atoms with E-state index in [0.717, 1.165) is 55.3 Å². The molecular formula is C31H23N3O. The summed E-state index contributed by atoms with van der Waals surface area (Å²) < 4.78 is 0. The van der Waals surface area contributed by atoms with E-state index in [0.29, 0.717) is 6.54 Å². The van der Waals surface area contributed by atoms with Crippen LogP contribution in [-0.4, -0.2) is 20.8 Å². The van der Waals surface area contributed by atoms with Crippen molar-refractivity contribution in [2.24, 2.45) is 0 Å². The van der Waals surface area contributed by atoms with Crippen LogP contribution in [0.15, 0.2) is 109 Å². The topological polar surface area (TPSA) is 51.9 Å². The van der Waals surface area contributed by atoms with Crippen LogP contribution >= 0.6 is 0 Å². The van der Waals surface area contributed by atoms with Gasteiger partial charge in [-0.15, -0.1) is 0 Å². The van der Waals surface area contributed by atoms with Gasteiger partial charge in [0.15, 0.2) is 0 Å². The molecule has 2 aromatic heterocycles. The van der Waals surface area contributed by atoms with Gasteiger partial charge >= 0.3 is 0 Å². The van der Waals surface area contributed by atoms with Crippen LogP contribution in [0.3, 0.4) is 0 Å². The number of nitrogens with zero attached hydrogens (tertiary/aromatic N) is 1. The van der Waals surface area contributed by atoms with E-state index in [9.17, 15) is 4.79 Å². The molecule has 0 saturated carbocycles. The minimum Gasteiger partial charge on any atom is -0.361 e. The number of aromatic amines is 2. The molecule has 3 heterocycles. The zero-order valence-corrected chi connectivity index (χ0v) is 19.0. The van der Waals surface area contributed by atoms with E-state index in [-0.39, 0.29) is 11.9 Å². The summed E-state index contributed by atoms with van der Waals surface area (Å²) in [6, 6.07) is 34.9. The second-order valence-electron chi connectivity index (χ2n) is 9.11. The SMILES string of the molecule is O=C1c2ccccc2C(c2c(-c3ccccc3)[nH]c3ccccc23)N1Cc1c[nH]c2ccccc12. The third kappa shape index (κ3) is 3.03. The third-order valence-corrected chi connectivity index (χ3v) is 7.16. The number of carbonyl (C=O) groups is 1. The molecule has 7 rings (SSSR count). The van der Waals surface area contributed by atoms with Crippen LogP contribution in [-0.2, 0) is 6.54 Å². The number of amides is 1. The van der Waals surface area contributed by atoms with Crippen LogP contribution in [0.25, 0.3) is 33.1 Å². The normalized spacial score (nSPS) is 15.3. The first-order chi connectivity index (χ1) is 17.3. The molecule has 1 atom stereocenters. The largest absolute Gasteiger partial charge is 0.361 e. The Bertz CT molecular complexity index is 1710. The number of rotatable bonds is 4. The van der Waals surface area contributed by atoms with Gasteiger partial charge in [-0.3, -0.25) is 4.79 Å². The number of fused-ring (bicyclic) bond motifs is 3. The van der Waals surface area contributed by atoms with Gasteiger partial charge in [0.2, 0.25) is 0 Å². The highest BCUT2D eigenvalue weighted by Crippen LogP contribution is 2.46. The number of hydrogen-bond acceptors (Lipinski definition) is 1. The quantitative estimate of drug-likeness (QED) is 0.295. The van der Waals surface area contributed by atoms with Crippen molar-refractivity contribution in [1.29, 1.82) is 0 Å². The van der Waals surface area contributed by atoms with Gasteiger partial charge in [-0.25, -0.2) is 0 Å². The molecule has 1 unspecified atom stereocenters. The van der Waals surface area contributed by atoms with Gasteiger partial charge in [0.25, 0.3) is 5.91 Å². The molecule has 1 aliphatic rings. The van der Waals surface area contributed by atoms with E-state index >= 15 is 0 Å². The van der Waals surface area contributed by atoms with Crippen LogP contribution in [0.5, 0.6) is 0 Å². The summed E-state index contributed by atoms with van der Waals surface area (Å²) in [5, 5.41) is 2.29. The van der Waals surface area contributed by atoms with Crippen LogP contribution in [0, 0.1) is 0 Å². The lowest BCUT2D eigenvalue weighted by Crippen LogP contribution is -2.28. The number of nitrogens with one attached hydrogen (secondary N) is 2. The summed E-state index contributed by atoms with van der Waals surface area (Å²) in [7, 11) is 0. The standard InChI is InChI=1S/C31H23N3O/c35-31-24-14-5-4-13-23(24)30(34(31)19-21-18-32-26-16-8-6-12-22(21)26)28-25-15-7-9-17-27(25)33-29(28)20-10-2-1-3-11-20/h1-18,30,32-33H,19H2. The molecular weight excluding hydrogens is 430 g/mol. The van der Waals surface area contributed by atoms with Crippen LogP contribution in [0.2, 0.25) is 0 Å². The Morgan fingerprint density at radius 2 is 1.40 bits per heavy atom. The van der Waals surface area contributed by atoms with E-state index < -0.39 is 0 Å². The smallest absolute Gasteiger partial charge is 0.255 e. The van der Waals surface area contributed by atoms with E-state index in [4.69, 9.17) is 0 Å². The van der Waals surface area contributed by atoms with E-state index in [1.54, 1.807) is 0 Å². The first-order valence-corrected chi connectivity index (χ1v) is 11.9. The molecule has 0 fully saturated rings. The fourth-order valence-corrected chi connectivity index (χ4v) is 5.57. The maximum absolute atomic E-state index is 13.9. The van der Waals surface area contributed by atoms with Crippen molar-refractivity contribution >= 4 is 27.7 Å². The van der Waals surface area contributed by atoms with Gasteiger partial charge in [0.05, 0.1) is 11.7 Å². The number of aromatic nitrogens is 2. The number of H-pyrrole nitrogens is 2. The summed E-state index contributed by atoms with van der Waals surface area (Å²) in [5.74, 6) is 0.0696. The van der Waals surface area contributed by atoms with E-state index in [1.807, 2.05) is 47.5 Å². The highest BCUT2D eigenvalue weighted by Gasteiger charge is 2.40. The molecule has 0 saturated heterocycles. The second kappa shape index (κ2) is 7.74. The zero-order chi connectivity index (χ0) is 23.4. The van der Waals surface area contributed by atoms with Crippen molar-refractivity contribution < 1.29 is 4.79 Å². The zero-order valence-electron chi connectivity index (χ0n) is 19.0. The summed E-state index contributed by atoms with van der Waals surface area (Å²) in [5.41, 5.74) is 8.43. The number of hydrogen-bond donors (Lipinski definition) is 2. The highest BCUT2D eigenvalue weighted by atomic mass is 16.2. The average Bonchev–Trinajstić information content (AvgIpc) is 3.58. The van der Waals surface area contributed by atoms with Crippen LogP contribution in [0.4, 0.5) is 0 Å². The third-order valence-electron chi connectivity index (χ3n) is 7.16. The Hall–Kier alpha value is -4.57. The van der Waals surface area contributed by atoms with Gasteiger partial charge in [-0.2, -0.15) is 0 Å². The lowest BCUT2D eigenvalue weighted by molar-refractivity contribution is 0.0738. The molecule has 4 nitrogen and oxygen atoms in total. The Morgan fingerprint density at radius 1 is 0.714 bits per heavy atom. The molecule has 0 radical (unpaired) electrons. The molecule has 0 spiro atoms. The predicted molar refractivity (Wildman–Crippen MR) is 140 cm³/mol. The Morgan fingerprint density at radius 3 is 2.26 bits per heavy atom. The summed E-state index contributed by atoms with van der Waals surface area (Å²) in [6.45, 7) is 0.524. The van der Waals surface area contributed by atoms with Crippen molar-refractivity contribution in [3.05, 3.63) is 132 Å². The molecule has 4 aromatic carbocycles. The molecule has 0 bridgehead atoms. The second-order valence-corrected chi connectivity index (χ2v) is 9.11. The molecule has 168 valence electrons. The van der Waals surface area contributed by atoms with Gasteiger partial charge in [0.1, 0.15) is 0 Å². The Kier molecular flexibility index (Phi) is 4.39.